The van der Waals surface area contributed by atoms with Crippen molar-refractivity contribution in [2.24, 2.45) is 17.8 Å². The summed E-state index contributed by atoms with van der Waals surface area (Å²) in [5, 5.41) is 3.29. The fourth-order valence-electron chi connectivity index (χ4n) is 5.89. The highest BCUT2D eigenvalue weighted by Crippen LogP contribution is 2.41. The molecular formula is C26H39N3O4S. The van der Waals surface area contributed by atoms with Gasteiger partial charge in [0.15, 0.2) is 0 Å². The normalized spacial score (nSPS) is 29.1. The van der Waals surface area contributed by atoms with E-state index in [1.165, 1.54) is 19.3 Å². The number of benzene rings is 1. The van der Waals surface area contributed by atoms with Crippen LogP contribution in [0.2, 0.25) is 0 Å². The molecule has 2 N–H and O–H groups in total. The second-order valence-corrected chi connectivity index (χ2v) is 12.9. The van der Waals surface area contributed by atoms with Crippen LogP contribution in [0.15, 0.2) is 23.1 Å². The topological polar surface area (TPSA) is 95.6 Å². The maximum Gasteiger partial charge on any atom is 0.240 e. The minimum atomic E-state index is -3.68. The van der Waals surface area contributed by atoms with Crippen LogP contribution in [0.1, 0.15) is 77.7 Å². The number of sulfonamides is 1. The molecule has 2 atom stereocenters. The number of anilines is 1. The zero-order chi connectivity index (χ0) is 24.7. The first-order valence-corrected chi connectivity index (χ1v) is 14.2. The zero-order valence-corrected chi connectivity index (χ0v) is 21.7. The fourth-order valence-corrected chi connectivity index (χ4v) is 7.03. The van der Waals surface area contributed by atoms with E-state index in [0.717, 1.165) is 43.4 Å². The van der Waals surface area contributed by atoms with Gasteiger partial charge in [0.2, 0.25) is 21.8 Å². The van der Waals surface area contributed by atoms with Crippen LogP contribution in [-0.4, -0.2) is 39.9 Å². The lowest BCUT2D eigenvalue weighted by molar-refractivity contribution is -0.127. The Labute approximate surface area is 204 Å². The van der Waals surface area contributed by atoms with Gasteiger partial charge in [-0.15, -0.1) is 0 Å². The molecule has 3 aliphatic rings. The van der Waals surface area contributed by atoms with E-state index in [-0.39, 0.29) is 28.5 Å². The van der Waals surface area contributed by atoms with E-state index in [1.54, 1.807) is 30.1 Å². The van der Waals surface area contributed by atoms with Crippen LogP contribution >= 0.6 is 0 Å². The van der Waals surface area contributed by atoms with Gasteiger partial charge in [-0.1, -0.05) is 19.8 Å². The highest BCUT2D eigenvalue weighted by molar-refractivity contribution is 7.89. The molecule has 0 aromatic heterocycles. The van der Waals surface area contributed by atoms with Crippen molar-refractivity contribution in [3.63, 3.8) is 0 Å². The van der Waals surface area contributed by atoms with Gasteiger partial charge in [-0.3, -0.25) is 9.59 Å². The Morgan fingerprint density at radius 2 is 1.76 bits per heavy atom. The van der Waals surface area contributed by atoms with Crippen molar-refractivity contribution >= 4 is 27.5 Å². The molecule has 1 aromatic rings. The maximum absolute atomic E-state index is 13.0. The highest BCUT2D eigenvalue weighted by Gasteiger charge is 2.42. The van der Waals surface area contributed by atoms with Gasteiger partial charge in [-0.2, -0.15) is 0 Å². The van der Waals surface area contributed by atoms with E-state index in [0.29, 0.717) is 18.5 Å². The number of nitrogens with zero attached hydrogens (tertiary/aromatic N) is 1. The average Bonchev–Trinajstić information content (AvgIpc) is 2.99. The number of likely N-dealkylation sites (N-methyl/N-ethyl adjacent to an activating group) is 1. The second kappa shape index (κ2) is 9.61. The lowest BCUT2D eigenvalue weighted by atomic mass is 9.80. The second-order valence-electron chi connectivity index (χ2n) is 11.1. The molecule has 4 rings (SSSR count). The van der Waals surface area contributed by atoms with E-state index in [9.17, 15) is 18.0 Å². The predicted molar refractivity (Wildman–Crippen MR) is 133 cm³/mol. The van der Waals surface area contributed by atoms with Crippen molar-refractivity contribution < 1.29 is 18.0 Å². The summed E-state index contributed by atoms with van der Waals surface area (Å²) < 4.78 is 28.8. The molecule has 0 radical (unpaired) electrons. The number of hydrogen-bond acceptors (Lipinski definition) is 4. The Bertz CT molecular complexity index is 1040. The van der Waals surface area contributed by atoms with E-state index in [4.69, 9.17) is 0 Å². The van der Waals surface area contributed by atoms with Gasteiger partial charge < -0.3 is 10.2 Å². The highest BCUT2D eigenvalue weighted by atomic mass is 32.2. The summed E-state index contributed by atoms with van der Waals surface area (Å²) in [5.41, 5.74) is 0.749. The van der Waals surface area contributed by atoms with Gasteiger partial charge in [-0.05, 0) is 88.0 Å². The van der Waals surface area contributed by atoms with Crippen molar-refractivity contribution in [1.29, 1.82) is 0 Å². The Morgan fingerprint density at radius 3 is 2.44 bits per heavy atom. The molecule has 2 saturated carbocycles. The third-order valence-electron chi connectivity index (χ3n) is 8.37. The van der Waals surface area contributed by atoms with Crippen molar-refractivity contribution in [3.8, 4) is 0 Å². The molecule has 1 aromatic carbocycles. The largest absolute Gasteiger partial charge is 0.353 e. The minimum absolute atomic E-state index is 0.0375. The van der Waals surface area contributed by atoms with Crippen LogP contribution in [0.5, 0.6) is 0 Å². The lowest BCUT2D eigenvalue weighted by Gasteiger charge is -2.33. The predicted octanol–water partition coefficient (Wildman–Crippen LogP) is 3.72. The number of carbonyl (C=O) groups is 2. The fraction of sp³-hybridized carbons (Fsp3) is 0.692. The van der Waals surface area contributed by atoms with Crippen molar-refractivity contribution in [2.75, 3.05) is 18.5 Å². The Morgan fingerprint density at radius 1 is 1.09 bits per heavy atom. The van der Waals surface area contributed by atoms with Crippen LogP contribution in [0.25, 0.3) is 0 Å². The standard InChI is InChI=1S/C26H39N3O4S/c1-17-7-5-6-8-22(17)28-24(30)19-11-9-18(10-12-19)16-27-34(32,33)20-13-14-23-21(15-20)26(2,3)25(31)29(23)4/h13-15,17-19,22,27H,5-12,16H2,1-4H3,(H,28,30)/t17-,18?,19?,22+/m1/s1. The van der Waals surface area contributed by atoms with Gasteiger partial charge in [0.25, 0.3) is 0 Å². The molecule has 0 unspecified atom stereocenters. The summed E-state index contributed by atoms with van der Waals surface area (Å²) in [4.78, 5) is 27.1. The van der Waals surface area contributed by atoms with E-state index < -0.39 is 15.4 Å². The number of carbonyl (C=O) groups excluding carboxylic acids is 2. The minimum Gasteiger partial charge on any atom is -0.353 e. The summed E-state index contributed by atoms with van der Waals surface area (Å²) >= 11 is 0. The molecule has 188 valence electrons. The number of hydrogen-bond donors (Lipinski definition) is 2. The van der Waals surface area contributed by atoms with Gasteiger partial charge in [-0.25, -0.2) is 13.1 Å². The van der Waals surface area contributed by atoms with Gasteiger partial charge >= 0.3 is 0 Å². The van der Waals surface area contributed by atoms with Crippen LogP contribution in [0, 0.1) is 17.8 Å². The first kappa shape index (κ1) is 25.2. The SMILES string of the molecule is C[C@@H]1CCCC[C@@H]1NC(=O)C1CCC(CNS(=O)(=O)c2ccc3c(c2)C(C)(C)C(=O)N3C)CC1. The summed E-state index contributed by atoms with van der Waals surface area (Å²) in [7, 11) is -1.96. The molecule has 2 aliphatic carbocycles. The average molecular weight is 490 g/mol. The molecule has 34 heavy (non-hydrogen) atoms. The Balaban J connectivity index is 1.30. The molecular weight excluding hydrogens is 450 g/mol. The number of rotatable bonds is 6. The van der Waals surface area contributed by atoms with Gasteiger partial charge in [0.1, 0.15) is 0 Å². The molecule has 0 bridgehead atoms. The Hall–Kier alpha value is -1.93. The van der Waals surface area contributed by atoms with E-state index in [2.05, 4.69) is 17.0 Å². The van der Waals surface area contributed by atoms with Crippen LogP contribution in [0.3, 0.4) is 0 Å². The van der Waals surface area contributed by atoms with E-state index in [1.807, 2.05) is 13.8 Å². The number of fused-ring (bicyclic) bond motifs is 1. The molecule has 8 heteroatoms. The van der Waals surface area contributed by atoms with Gasteiger partial charge in [0, 0.05) is 31.2 Å². The summed E-state index contributed by atoms with van der Waals surface area (Å²) in [6.45, 7) is 6.25. The third kappa shape index (κ3) is 4.89. The maximum atomic E-state index is 13.0. The van der Waals surface area contributed by atoms with Crippen LogP contribution < -0.4 is 14.9 Å². The van der Waals surface area contributed by atoms with Crippen molar-refractivity contribution in [2.45, 2.75) is 88.5 Å². The summed E-state index contributed by atoms with van der Waals surface area (Å²) in [6.07, 6.45) is 8.01. The van der Waals surface area contributed by atoms with Crippen molar-refractivity contribution in [3.05, 3.63) is 23.8 Å². The first-order chi connectivity index (χ1) is 16.0. The summed E-state index contributed by atoms with van der Waals surface area (Å²) in [6, 6.07) is 5.22. The molecule has 1 aliphatic heterocycles. The van der Waals surface area contributed by atoms with Gasteiger partial charge in [0.05, 0.1) is 10.3 Å². The van der Waals surface area contributed by atoms with Crippen molar-refractivity contribution in [1.82, 2.24) is 10.0 Å². The first-order valence-electron chi connectivity index (χ1n) is 12.7. The molecule has 2 fully saturated rings. The molecule has 0 spiro atoms. The quantitative estimate of drug-likeness (QED) is 0.637. The molecule has 0 saturated heterocycles. The number of nitrogens with one attached hydrogen (secondary N) is 2. The van der Waals surface area contributed by atoms with Crippen LogP contribution in [-0.2, 0) is 25.0 Å². The molecule has 7 nitrogen and oxygen atoms in total. The smallest absolute Gasteiger partial charge is 0.240 e. The third-order valence-corrected chi connectivity index (χ3v) is 9.79. The number of amides is 2. The molecule has 2 amide bonds. The zero-order valence-electron chi connectivity index (χ0n) is 20.9. The van der Waals surface area contributed by atoms with E-state index >= 15 is 0 Å². The molecule has 1 heterocycles. The monoisotopic (exact) mass is 489 g/mol. The lowest BCUT2D eigenvalue weighted by Crippen LogP contribution is -2.44. The van der Waals surface area contributed by atoms with Crippen LogP contribution in [0.4, 0.5) is 5.69 Å². The summed E-state index contributed by atoms with van der Waals surface area (Å²) in [5.74, 6) is 0.954. The Kier molecular flexibility index (Phi) is 7.11.